The van der Waals surface area contributed by atoms with Crippen molar-refractivity contribution in [2.75, 3.05) is 0 Å². The zero-order valence-corrected chi connectivity index (χ0v) is 19.3. The Balaban J connectivity index is 1.44. The SMILES string of the molecule is O=C(NC(Cc1ccccc1)C(=O)O)c1ccc2ccccc2c1OCc1cccc2c1OC(F)(F)O2. The van der Waals surface area contributed by atoms with Gasteiger partial charge in [0.1, 0.15) is 18.4 Å². The molecule has 0 fully saturated rings. The fourth-order valence-corrected chi connectivity index (χ4v) is 4.15. The fraction of sp³-hybridized carbons (Fsp3) is 0.143. The van der Waals surface area contributed by atoms with Crippen LogP contribution in [0.1, 0.15) is 21.5 Å². The first-order valence-electron chi connectivity index (χ1n) is 11.4. The van der Waals surface area contributed by atoms with Crippen molar-refractivity contribution in [2.24, 2.45) is 0 Å². The van der Waals surface area contributed by atoms with E-state index in [4.69, 9.17) is 4.74 Å². The maximum absolute atomic E-state index is 13.6. The average molecular weight is 505 g/mol. The lowest BCUT2D eigenvalue weighted by Gasteiger charge is -2.18. The van der Waals surface area contributed by atoms with Crippen molar-refractivity contribution in [2.45, 2.75) is 25.4 Å². The van der Waals surface area contributed by atoms with E-state index in [1.165, 1.54) is 18.2 Å². The highest BCUT2D eigenvalue weighted by Gasteiger charge is 2.44. The van der Waals surface area contributed by atoms with E-state index in [1.807, 2.05) is 18.2 Å². The molecule has 188 valence electrons. The Hall–Kier alpha value is -4.66. The van der Waals surface area contributed by atoms with Crippen LogP contribution in [0.15, 0.2) is 84.9 Å². The molecule has 1 unspecified atom stereocenters. The number of halogens is 2. The predicted octanol–water partition coefficient (Wildman–Crippen LogP) is 5.17. The van der Waals surface area contributed by atoms with Crippen LogP contribution in [0.5, 0.6) is 17.2 Å². The molecule has 9 heteroatoms. The fourth-order valence-electron chi connectivity index (χ4n) is 4.15. The Morgan fingerprint density at radius 2 is 1.68 bits per heavy atom. The molecule has 0 aromatic heterocycles. The number of aliphatic carboxylic acids is 1. The summed E-state index contributed by atoms with van der Waals surface area (Å²) in [4.78, 5) is 25.2. The molecule has 1 aliphatic heterocycles. The molecule has 0 bridgehead atoms. The molecule has 1 heterocycles. The number of nitrogens with one attached hydrogen (secondary N) is 1. The lowest BCUT2D eigenvalue weighted by atomic mass is 10.0. The molecule has 0 aliphatic carbocycles. The summed E-state index contributed by atoms with van der Waals surface area (Å²) in [6.45, 7) is -0.205. The van der Waals surface area contributed by atoms with Crippen LogP contribution in [-0.4, -0.2) is 29.3 Å². The van der Waals surface area contributed by atoms with Gasteiger partial charge < -0.3 is 24.6 Å². The number of para-hydroxylation sites is 1. The van der Waals surface area contributed by atoms with Crippen LogP contribution in [0.2, 0.25) is 0 Å². The third-order valence-corrected chi connectivity index (χ3v) is 5.89. The molecule has 1 atom stereocenters. The lowest BCUT2D eigenvalue weighted by molar-refractivity contribution is -0.287. The number of carbonyl (C=O) groups excluding carboxylic acids is 1. The van der Waals surface area contributed by atoms with Gasteiger partial charge in [0.2, 0.25) is 0 Å². The van der Waals surface area contributed by atoms with E-state index in [-0.39, 0.29) is 35.8 Å². The second kappa shape index (κ2) is 9.77. The van der Waals surface area contributed by atoms with Gasteiger partial charge in [-0.05, 0) is 23.1 Å². The molecule has 5 rings (SSSR count). The molecular formula is C28H21F2NO6. The molecule has 0 radical (unpaired) electrons. The van der Waals surface area contributed by atoms with E-state index in [2.05, 4.69) is 14.8 Å². The number of carboxylic acid groups (broad SMARTS) is 1. The highest BCUT2D eigenvalue weighted by atomic mass is 19.3. The smallest absolute Gasteiger partial charge is 0.487 e. The Kier molecular flexibility index (Phi) is 6.35. The Morgan fingerprint density at radius 3 is 2.46 bits per heavy atom. The second-order valence-electron chi connectivity index (χ2n) is 8.42. The summed E-state index contributed by atoms with van der Waals surface area (Å²) in [6.07, 6.45) is -3.69. The van der Waals surface area contributed by atoms with E-state index < -0.39 is 24.2 Å². The second-order valence-corrected chi connectivity index (χ2v) is 8.42. The van der Waals surface area contributed by atoms with Gasteiger partial charge in [-0.15, -0.1) is 8.78 Å². The van der Waals surface area contributed by atoms with Gasteiger partial charge in [0, 0.05) is 17.4 Å². The number of carbonyl (C=O) groups is 2. The third-order valence-electron chi connectivity index (χ3n) is 5.89. The molecule has 37 heavy (non-hydrogen) atoms. The quantitative estimate of drug-likeness (QED) is 0.343. The maximum atomic E-state index is 13.6. The number of rotatable bonds is 8. The van der Waals surface area contributed by atoms with Crippen molar-refractivity contribution < 1.29 is 37.7 Å². The van der Waals surface area contributed by atoms with Gasteiger partial charge in [-0.3, -0.25) is 4.79 Å². The van der Waals surface area contributed by atoms with E-state index in [0.717, 1.165) is 10.9 Å². The first-order valence-corrected chi connectivity index (χ1v) is 11.4. The van der Waals surface area contributed by atoms with Crippen molar-refractivity contribution in [3.63, 3.8) is 0 Å². The zero-order chi connectivity index (χ0) is 26.0. The number of hydrogen-bond acceptors (Lipinski definition) is 5. The standard InChI is InChI=1S/C28H21F2NO6/c29-28(30)36-23-12-6-10-19(24(23)37-28)16-35-25-20-11-5-4-9-18(20)13-14-21(25)26(32)31-22(27(33)34)15-17-7-2-1-3-8-17/h1-14,22H,15-16H2,(H,31,32)(H,33,34). The topological polar surface area (TPSA) is 94.1 Å². The number of ether oxygens (including phenoxy) is 3. The predicted molar refractivity (Wildman–Crippen MR) is 130 cm³/mol. The number of alkyl halides is 2. The molecule has 1 amide bonds. The molecule has 1 aliphatic rings. The van der Waals surface area contributed by atoms with Crippen LogP contribution < -0.4 is 19.5 Å². The van der Waals surface area contributed by atoms with Crippen LogP contribution in [0.25, 0.3) is 10.8 Å². The lowest BCUT2D eigenvalue weighted by Crippen LogP contribution is -2.42. The van der Waals surface area contributed by atoms with E-state index in [9.17, 15) is 23.5 Å². The molecule has 4 aromatic rings. The van der Waals surface area contributed by atoms with E-state index in [1.54, 1.807) is 48.5 Å². The van der Waals surface area contributed by atoms with Gasteiger partial charge in [-0.1, -0.05) is 72.8 Å². The van der Waals surface area contributed by atoms with Crippen LogP contribution in [-0.2, 0) is 17.8 Å². The Bertz CT molecular complexity index is 1470. The highest BCUT2D eigenvalue weighted by molar-refractivity contribution is 6.04. The molecule has 0 saturated carbocycles. The number of amides is 1. The summed E-state index contributed by atoms with van der Waals surface area (Å²) in [6, 6.07) is 22.6. The minimum absolute atomic E-state index is 0.0907. The molecule has 2 N–H and O–H groups in total. The molecular weight excluding hydrogens is 484 g/mol. The highest BCUT2D eigenvalue weighted by Crippen LogP contribution is 2.43. The third kappa shape index (κ3) is 5.16. The number of fused-ring (bicyclic) bond motifs is 2. The van der Waals surface area contributed by atoms with Crippen molar-refractivity contribution in [3.8, 4) is 17.2 Å². The summed E-state index contributed by atoms with van der Waals surface area (Å²) in [5.74, 6) is -1.91. The van der Waals surface area contributed by atoms with Crippen molar-refractivity contribution in [1.29, 1.82) is 0 Å². The van der Waals surface area contributed by atoms with Gasteiger partial charge in [0.05, 0.1) is 5.56 Å². The maximum Gasteiger partial charge on any atom is 0.586 e. The summed E-state index contributed by atoms with van der Waals surface area (Å²) in [7, 11) is 0. The summed E-state index contributed by atoms with van der Waals surface area (Å²) < 4.78 is 42.4. The minimum Gasteiger partial charge on any atom is -0.487 e. The average Bonchev–Trinajstić information content (AvgIpc) is 3.21. The number of carboxylic acids is 1. The van der Waals surface area contributed by atoms with Gasteiger partial charge >= 0.3 is 12.3 Å². The first-order chi connectivity index (χ1) is 17.8. The Labute approximate surface area is 210 Å². The normalized spacial score (nSPS) is 14.2. The Morgan fingerprint density at radius 1 is 0.919 bits per heavy atom. The van der Waals surface area contributed by atoms with E-state index in [0.29, 0.717) is 10.9 Å². The minimum atomic E-state index is -3.78. The van der Waals surface area contributed by atoms with Crippen LogP contribution in [0.3, 0.4) is 0 Å². The van der Waals surface area contributed by atoms with Crippen LogP contribution in [0, 0.1) is 0 Å². The molecule has 4 aromatic carbocycles. The van der Waals surface area contributed by atoms with Crippen LogP contribution in [0.4, 0.5) is 8.78 Å². The van der Waals surface area contributed by atoms with Gasteiger partial charge in [-0.25, -0.2) is 4.79 Å². The first kappa shape index (κ1) is 24.1. The zero-order valence-electron chi connectivity index (χ0n) is 19.3. The largest absolute Gasteiger partial charge is 0.586 e. The van der Waals surface area contributed by atoms with Crippen molar-refractivity contribution in [3.05, 3.63) is 102 Å². The van der Waals surface area contributed by atoms with Crippen molar-refractivity contribution in [1.82, 2.24) is 5.32 Å². The van der Waals surface area contributed by atoms with Crippen molar-refractivity contribution >= 4 is 22.6 Å². The summed E-state index contributed by atoms with van der Waals surface area (Å²) in [5.41, 5.74) is 1.15. The van der Waals surface area contributed by atoms with Gasteiger partial charge in [-0.2, -0.15) is 0 Å². The monoisotopic (exact) mass is 505 g/mol. The number of benzene rings is 4. The van der Waals surface area contributed by atoms with Crippen LogP contribution >= 0.6 is 0 Å². The van der Waals surface area contributed by atoms with Gasteiger partial charge in [0.15, 0.2) is 11.5 Å². The molecule has 0 spiro atoms. The molecule has 7 nitrogen and oxygen atoms in total. The summed E-state index contributed by atoms with van der Waals surface area (Å²) in [5, 5.41) is 13.7. The van der Waals surface area contributed by atoms with Gasteiger partial charge in [0.25, 0.3) is 5.91 Å². The van der Waals surface area contributed by atoms with E-state index >= 15 is 0 Å². The number of hydrogen-bond donors (Lipinski definition) is 2. The molecule has 0 saturated heterocycles. The summed E-state index contributed by atoms with van der Waals surface area (Å²) >= 11 is 0.